The lowest BCUT2D eigenvalue weighted by Gasteiger charge is -2.30. The van der Waals surface area contributed by atoms with E-state index in [1.165, 1.54) is 6.20 Å². The molecule has 18 heavy (non-hydrogen) atoms. The number of rotatable bonds is 3. The van der Waals surface area contributed by atoms with E-state index in [2.05, 4.69) is 14.9 Å². The normalized spacial score (nSPS) is 31.7. The number of hydrogen-bond donors (Lipinski definition) is 2. The van der Waals surface area contributed by atoms with Gasteiger partial charge in [0, 0.05) is 5.54 Å². The maximum Gasteiger partial charge on any atom is 0.245 e. The van der Waals surface area contributed by atoms with Gasteiger partial charge in [0.2, 0.25) is 10.0 Å². The molecular formula is C11H16ClN3O2S. The van der Waals surface area contributed by atoms with Gasteiger partial charge in [0.15, 0.2) is 0 Å². The summed E-state index contributed by atoms with van der Waals surface area (Å²) in [5.41, 5.74) is -0.237. The fourth-order valence-corrected chi connectivity index (χ4v) is 5.40. The van der Waals surface area contributed by atoms with E-state index in [9.17, 15) is 8.42 Å². The molecule has 0 amide bonds. The van der Waals surface area contributed by atoms with Gasteiger partial charge in [0.1, 0.15) is 10.0 Å². The van der Waals surface area contributed by atoms with Crippen LogP contribution in [0.4, 0.5) is 0 Å². The van der Waals surface area contributed by atoms with E-state index in [1.54, 1.807) is 0 Å². The van der Waals surface area contributed by atoms with E-state index in [0.29, 0.717) is 5.92 Å². The Morgan fingerprint density at radius 1 is 1.39 bits per heavy atom. The van der Waals surface area contributed by atoms with Gasteiger partial charge in [-0.25, -0.2) is 13.1 Å². The Hall–Kier alpha value is -0.590. The summed E-state index contributed by atoms with van der Waals surface area (Å²) in [6, 6.07) is 0. The lowest BCUT2D eigenvalue weighted by atomic mass is 9.92. The van der Waals surface area contributed by atoms with E-state index >= 15 is 0 Å². The molecule has 1 heterocycles. The van der Waals surface area contributed by atoms with Crippen molar-refractivity contribution in [3.05, 3.63) is 11.3 Å². The van der Waals surface area contributed by atoms with Crippen molar-refractivity contribution in [3.8, 4) is 0 Å². The second-order valence-electron chi connectivity index (χ2n) is 5.29. The summed E-state index contributed by atoms with van der Waals surface area (Å²) in [6.07, 6.45) is 7.60. The van der Waals surface area contributed by atoms with Crippen LogP contribution in [0.15, 0.2) is 11.1 Å². The summed E-state index contributed by atoms with van der Waals surface area (Å²) >= 11 is 5.81. The highest BCUT2D eigenvalue weighted by atomic mass is 35.5. The Labute approximate surface area is 111 Å². The smallest absolute Gasteiger partial charge is 0.245 e. The fraction of sp³-hybridized carbons (Fsp3) is 0.727. The number of aromatic amines is 1. The van der Waals surface area contributed by atoms with E-state index in [1.807, 2.05) is 0 Å². The van der Waals surface area contributed by atoms with Crippen molar-refractivity contribution in [2.24, 2.45) is 5.92 Å². The molecule has 0 saturated heterocycles. The summed E-state index contributed by atoms with van der Waals surface area (Å²) in [5.74, 6) is 0.484. The van der Waals surface area contributed by atoms with Crippen molar-refractivity contribution in [1.29, 1.82) is 0 Å². The first kappa shape index (κ1) is 12.4. The van der Waals surface area contributed by atoms with Gasteiger partial charge in [0.05, 0.1) is 6.20 Å². The van der Waals surface area contributed by atoms with E-state index in [4.69, 9.17) is 11.6 Å². The quantitative estimate of drug-likeness (QED) is 0.894. The van der Waals surface area contributed by atoms with Gasteiger partial charge in [0.25, 0.3) is 0 Å². The molecule has 2 saturated carbocycles. The average Bonchev–Trinajstić information content (AvgIpc) is 2.91. The largest absolute Gasteiger partial charge is 0.266 e. The minimum atomic E-state index is -3.57. The maximum atomic E-state index is 12.4. The zero-order valence-corrected chi connectivity index (χ0v) is 11.5. The first-order valence-corrected chi connectivity index (χ1v) is 8.12. The highest BCUT2D eigenvalue weighted by molar-refractivity contribution is 7.89. The van der Waals surface area contributed by atoms with Crippen molar-refractivity contribution >= 4 is 21.6 Å². The molecular weight excluding hydrogens is 274 g/mol. The fourth-order valence-electron chi connectivity index (χ4n) is 3.51. The van der Waals surface area contributed by atoms with Gasteiger partial charge in [-0.3, -0.25) is 5.10 Å². The molecule has 0 bridgehead atoms. The third kappa shape index (κ3) is 1.87. The minimum absolute atomic E-state index is 0.0519. The number of halogens is 1. The highest BCUT2D eigenvalue weighted by Gasteiger charge is 2.48. The molecule has 0 radical (unpaired) electrons. The molecule has 7 heteroatoms. The topological polar surface area (TPSA) is 74.8 Å². The number of nitrogens with one attached hydrogen (secondary N) is 2. The number of H-pyrrole nitrogens is 1. The average molecular weight is 290 g/mol. The summed E-state index contributed by atoms with van der Waals surface area (Å²) in [6.45, 7) is 0. The number of fused-ring (bicyclic) bond motifs is 1. The molecule has 2 fully saturated rings. The van der Waals surface area contributed by atoms with E-state index in [-0.39, 0.29) is 15.6 Å². The number of aromatic nitrogens is 2. The minimum Gasteiger partial charge on any atom is -0.266 e. The van der Waals surface area contributed by atoms with Crippen LogP contribution < -0.4 is 4.72 Å². The molecule has 0 spiro atoms. The van der Waals surface area contributed by atoms with Gasteiger partial charge in [-0.1, -0.05) is 24.4 Å². The lowest BCUT2D eigenvalue weighted by molar-refractivity contribution is 0.332. The Kier molecular flexibility index (Phi) is 2.91. The molecule has 2 N–H and O–H groups in total. The first-order valence-electron chi connectivity index (χ1n) is 6.26. The second-order valence-corrected chi connectivity index (χ2v) is 7.32. The Morgan fingerprint density at radius 2 is 2.06 bits per heavy atom. The first-order chi connectivity index (χ1) is 8.54. The monoisotopic (exact) mass is 289 g/mol. The SMILES string of the molecule is O=S(=O)(NC12CCCC1CCC2)c1cn[nH]c1Cl. The highest BCUT2D eigenvalue weighted by Crippen LogP contribution is 2.48. The zero-order valence-electron chi connectivity index (χ0n) is 9.95. The third-order valence-electron chi connectivity index (χ3n) is 4.32. The van der Waals surface area contributed by atoms with Crippen LogP contribution in [0.5, 0.6) is 0 Å². The van der Waals surface area contributed by atoms with Crippen LogP contribution in [0.2, 0.25) is 5.15 Å². The van der Waals surface area contributed by atoms with Crippen molar-refractivity contribution < 1.29 is 8.42 Å². The van der Waals surface area contributed by atoms with Crippen LogP contribution >= 0.6 is 11.6 Å². The van der Waals surface area contributed by atoms with E-state index in [0.717, 1.165) is 38.5 Å². The molecule has 0 atom stereocenters. The van der Waals surface area contributed by atoms with Crippen molar-refractivity contribution in [2.45, 2.75) is 49.0 Å². The molecule has 0 unspecified atom stereocenters. The van der Waals surface area contributed by atoms with Gasteiger partial charge < -0.3 is 0 Å². The molecule has 2 aliphatic carbocycles. The van der Waals surface area contributed by atoms with E-state index < -0.39 is 10.0 Å². The van der Waals surface area contributed by atoms with Crippen LogP contribution in [0.3, 0.4) is 0 Å². The van der Waals surface area contributed by atoms with Crippen molar-refractivity contribution in [2.75, 3.05) is 0 Å². The molecule has 0 aliphatic heterocycles. The second kappa shape index (κ2) is 4.21. The van der Waals surface area contributed by atoms with Crippen LogP contribution in [-0.2, 0) is 10.0 Å². The zero-order chi connectivity index (χ0) is 12.8. The number of sulfonamides is 1. The van der Waals surface area contributed by atoms with Gasteiger partial charge >= 0.3 is 0 Å². The predicted molar refractivity (Wildman–Crippen MR) is 67.8 cm³/mol. The summed E-state index contributed by atoms with van der Waals surface area (Å²) < 4.78 is 27.6. The van der Waals surface area contributed by atoms with Crippen molar-refractivity contribution in [3.63, 3.8) is 0 Å². The Balaban J connectivity index is 1.91. The summed E-state index contributed by atoms with van der Waals surface area (Å²) in [5, 5.41) is 6.20. The van der Waals surface area contributed by atoms with Gasteiger partial charge in [-0.15, -0.1) is 0 Å². The standard InChI is InChI=1S/C11H16ClN3O2S/c12-10-9(7-13-14-10)18(16,17)15-11-5-1-3-8(11)4-2-6-11/h7-8,15H,1-6H2,(H,13,14). The third-order valence-corrected chi connectivity index (χ3v) is 6.28. The van der Waals surface area contributed by atoms with Crippen LogP contribution in [0.1, 0.15) is 38.5 Å². The van der Waals surface area contributed by atoms with Crippen LogP contribution in [-0.4, -0.2) is 24.2 Å². The molecule has 3 rings (SSSR count). The Morgan fingerprint density at radius 3 is 2.61 bits per heavy atom. The van der Waals surface area contributed by atoms with Gasteiger partial charge in [-0.05, 0) is 31.6 Å². The van der Waals surface area contributed by atoms with Gasteiger partial charge in [-0.2, -0.15) is 5.10 Å². The lowest BCUT2D eigenvalue weighted by Crippen LogP contribution is -2.48. The predicted octanol–water partition coefficient (Wildman–Crippen LogP) is 2.06. The molecule has 1 aromatic heterocycles. The molecule has 5 nitrogen and oxygen atoms in total. The molecule has 2 aliphatic rings. The van der Waals surface area contributed by atoms with Crippen LogP contribution in [0.25, 0.3) is 0 Å². The van der Waals surface area contributed by atoms with Crippen LogP contribution in [0, 0.1) is 5.92 Å². The molecule has 0 aromatic carbocycles. The molecule has 1 aromatic rings. The number of hydrogen-bond acceptors (Lipinski definition) is 3. The Bertz CT molecular complexity index is 544. The summed E-state index contributed by atoms with van der Waals surface area (Å²) in [4.78, 5) is 0.0519. The van der Waals surface area contributed by atoms with Crippen molar-refractivity contribution in [1.82, 2.24) is 14.9 Å². The number of nitrogens with zero attached hydrogens (tertiary/aromatic N) is 1. The maximum absolute atomic E-state index is 12.4. The molecule has 100 valence electrons. The summed E-state index contributed by atoms with van der Waals surface area (Å²) in [7, 11) is -3.57.